The molecular formula is C12H19N3O. The summed E-state index contributed by atoms with van der Waals surface area (Å²) in [5, 5.41) is 3.26. The number of carbonyl (C=O) groups excluding carboxylic acids is 1. The van der Waals surface area contributed by atoms with Crippen LogP contribution in [0.5, 0.6) is 0 Å². The zero-order valence-corrected chi connectivity index (χ0v) is 9.54. The van der Waals surface area contributed by atoms with E-state index in [2.05, 4.69) is 10.3 Å². The Hall–Kier alpha value is -1.29. The van der Waals surface area contributed by atoms with Crippen molar-refractivity contribution in [2.45, 2.75) is 25.8 Å². The average molecular weight is 221 g/mol. The second kappa shape index (κ2) is 5.70. The van der Waals surface area contributed by atoms with Crippen LogP contribution in [0.25, 0.3) is 0 Å². The quantitative estimate of drug-likeness (QED) is 0.732. The average Bonchev–Trinajstić information content (AvgIpc) is 2.96. The van der Waals surface area contributed by atoms with Gasteiger partial charge in [-0.25, -0.2) is 0 Å². The third-order valence-corrected chi connectivity index (χ3v) is 2.95. The van der Waals surface area contributed by atoms with Crippen LogP contribution < -0.4 is 5.32 Å². The molecule has 0 bridgehead atoms. The number of carbonyl (C=O) groups is 1. The van der Waals surface area contributed by atoms with Crippen LogP contribution in [0.3, 0.4) is 0 Å². The minimum atomic E-state index is 0.288. The lowest BCUT2D eigenvalue weighted by Crippen LogP contribution is -2.30. The highest BCUT2D eigenvalue weighted by atomic mass is 16.2. The Morgan fingerprint density at radius 3 is 2.94 bits per heavy atom. The second-order valence-electron chi connectivity index (χ2n) is 4.21. The summed E-state index contributed by atoms with van der Waals surface area (Å²) in [7, 11) is 0. The molecule has 4 nitrogen and oxygen atoms in total. The maximum atomic E-state index is 11.7. The third kappa shape index (κ3) is 3.10. The molecular weight excluding hydrogens is 202 g/mol. The van der Waals surface area contributed by atoms with Gasteiger partial charge in [-0.2, -0.15) is 0 Å². The highest BCUT2D eigenvalue weighted by molar-refractivity contribution is 5.76. The number of likely N-dealkylation sites (tertiary alicyclic amines) is 1. The molecule has 1 aliphatic rings. The summed E-state index contributed by atoms with van der Waals surface area (Å²) >= 11 is 0. The number of nitrogens with zero attached hydrogens (tertiary/aromatic N) is 1. The molecule has 0 atom stereocenters. The molecule has 0 aliphatic carbocycles. The van der Waals surface area contributed by atoms with E-state index in [1.807, 2.05) is 23.2 Å². The SMILES string of the molecule is O=C(CCNCc1ccc[nH]1)N1CCCC1. The van der Waals surface area contributed by atoms with Crippen molar-refractivity contribution in [3.05, 3.63) is 24.0 Å². The molecule has 1 saturated heterocycles. The molecule has 0 unspecified atom stereocenters. The predicted octanol–water partition coefficient (Wildman–Crippen LogP) is 1.12. The van der Waals surface area contributed by atoms with E-state index < -0.39 is 0 Å². The van der Waals surface area contributed by atoms with E-state index in [9.17, 15) is 4.79 Å². The van der Waals surface area contributed by atoms with Gasteiger partial charge in [-0.3, -0.25) is 4.79 Å². The van der Waals surface area contributed by atoms with Crippen LogP contribution in [0, 0.1) is 0 Å². The first-order valence-corrected chi connectivity index (χ1v) is 5.97. The monoisotopic (exact) mass is 221 g/mol. The molecule has 2 N–H and O–H groups in total. The Kier molecular flexibility index (Phi) is 3.99. The van der Waals surface area contributed by atoms with Crippen molar-refractivity contribution in [1.29, 1.82) is 0 Å². The Morgan fingerprint density at radius 2 is 2.25 bits per heavy atom. The van der Waals surface area contributed by atoms with Gasteiger partial charge in [-0.15, -0.1) is 0 Å². The molecule has 2 heterocycles. The molecule has 2 rings (SSSR count). The molecule has 1 aromatic heterocycles. The zero-order valence-electron chi connectivity index (χ0n) is 9.54. The van der Waals surface area contributed by atoms with Crippen molar-refractivity contribution in [1.82, 2.24) is 15.2 Å². The minimum Gasteiger partial charge on any atom is -0.364 e. The van der Waals surface area contributed by atoms with Crippen molar-refractivity contribution < 1.29 is 4.79 Å². The molecule has 0 saturated carbocycles. The summed E-state index contributed by atoms with van der Waals surface area (Å²) in [6, 6.07) is 4.02. The number of rotatable bonds is 5. The van der Waals surface area contributed by atoms with Gasteiger partial charge < -0.3 is 15.2 Å². The molecule has 1 amide bonds. The lowest BCUT2D eigenvalue weighted by Gasteiger charge is -2.14. The van der Waals surface area contributed by atoms with Gasteiger partial charge in [-0.1, -0.05) is 0 Å². The van der Waals surface area contributed by atoms with Crippen LogP contribution in [-0.2, 0) is 11.3 Å². The summed E-state index contributed by atoms with van der Waals surface area (Å²) in [5.41, 5.74) is 1.16. The maximum Gasteiger partial charge on any atom is 0.223 e. The van der Waals surface area contributed by atoms with E-state index in [1.165, 1.54) is 12.8 Å². The predicted molar refractivity (Wildman–Crippen MR) is 62.9 cm³/mol. The van der Waals surface area contributed by atoms with Crippen molar-refractivity contribution in [2.24, 2.45) is 0 Å². The lowest BCUT2D eigenvalue weighted by atomic mass is 10.3. The fraction of sp³-hybridized carbons (Fsp3) is 0.583. The van der Waals surface area contributed by atoms with Gasteiger partial charge in [0, 0.05) is 44.5 Å². The van der Waals surface area contributed by atoms with Crippen molar-refractivity contribution in [3.8, 4) is 0 Å². The van der Waals surface area contributed by atoms with Gasteiger partial charge in [0.25, 0.3) is 0 Å². The molecule has 0 spiro atoms. The Bertz CT molecular complexity index is 315. The van der Waals surface area contributed by atoms with E-state index in [-0.39, 0.29) is 5.91 Å². The first kappa shape index (κ1) is 11.2. The van der Waals surface area contributed by atoms with Crippen molar-refractivity contribution in [3.63, 3.8) is 0 Å². The number of amides is 1. The first-order valence-electron chi connectivity index (χ1n) is 5.97. The molecule has 88 valence electrons. The van der Waals surface area contributed by atoms with Crippen molar-refractivity contribution in [2.75, 3.05) is 19.6 Å². The highest BCUT2D eigenvalue weighted by Crippen LogP contribution is 2.08. The summed E-state index contributed by atoms with van der Waals surface area (Å²) in [5.74, 6) is 0.288. The number of nitrogens with one attached hydrogen (secondary N) is 2. The lowest BCUT2D eigenvalue weighted by molar-refractivity contribution is -0.130. The van der Waals surface area contributed by atoms with Crippen LogP contribution in [0.15, 0.2) is 18.3 Å². The molecule has 1 aromatic rings. The van der Waals surface area contributed by atoms with Gasteiger partial charge in [-0.05, 0) is 25.0 Å². The summed E-state index contributed by atoms with van der Waals surface area (Å²) < 4.78 is 0. The van der Waals surface area contributed by atoms with E-state index >= 15 is 0 Å². The topological polar surface area (TPSA) is 48.1 Å². The molecule has 1 aliphatic heterocycles. The third-order valence-electron chi connectivity index (χ3n) is 2.95. The number of H-pyrrole nitrogens is 1. The smallest absolute Gasteiger partial charge is 0.223 e. The normalized spacial score (nSPS) is 15.6. The Morgan fingerprint density at radius 1 is 1.44 bits per heavy atom. The van der Waals surface area contributed by atoms with E-state index in [4.69, 9.17) is 0 Å². The van der Waals surface area contributed by atoms with Crippen LogP contribution in [0.2, 0.25) is 0 Å². The van der Waals surface area contributed by atoms with Gasteiger partial charge in [0.05, 0.1) is 0 Å². The second-order valence-corrected chi connectivity index (χ2v) is 4.21. The Labute approximate surface area is 96.0 Å². The largest absolute Gasteiger partial charge is 0.364 e. The molecule has 0 radical (unpaired) electrons. The summed E-state index contributed by atoms with van der Waals surface area (Å²) in [6.45, 7) is 3.47. The van der Waals surface area contributed by atoms with E-state index in [1.54, 1.807) is 0 Å². The minimum absolute atomic E-state index is 0.288. The molecule has 16 heavy (non-hydrogen) atoms. The van der Waals surface area contributed by atoms with Crippen LogP contribution in [-0.4, -0.2) is 35.4 Å². The fourth-order valence-electron chi connectivity index (χ4n) is 2.02. The molecule has 0 aromatic carbocycles. The maximum absolute atomic E-state index is 11.7. The zero-order chi connectivity index (χ0) is 11.2. The van der Waals surface area contributed by atoms with Crippen LogP contribution in [0.4, 0.5) is 0 Å². The van der Waals surface area contributed by atoms with Gasteiger partial charge >= 0.3 is 0 Å². The van der Waals surface area contributed by atoms with Gasteiger partial charge in [0.2, 0.25) is 5.91 Å². The number of hydrogen-bond acceptors (Lipinski definition) is 2. The Balaban J connectivity index is 1.59. The van der Waals surface area contributed by atoms with Crippen LogP contribution in [0.1, 0.15) is 25.0 Å². The van der Waals surface area contributed by atoms with Gasteiger partial charge in [0.1, 0.15) is 0 Å². The molecule has 4 heteroatoms. The number of hydrogen-bond donors (Lipinski definition) is 2. The van der Waals surface area contributed by atoms with E-state index in [0.29, 0.717) is 6.42 Å². The first-order chi connectivity index (χ1) is 7.86. The highest BCUT2D eigenvalue weighted by Gasteiger charge is 2.16. The van der Waals surface area contributed by atoms with Crippen molar-refractivity contribution >= 4 is 5.91 Å². The standard InChI is InChI=1S/C12H19N3O/c16-12(15-8-1-2-9-15)5-7-13-10-11-4-3-6-14-11/h3-4,6,13-14H,1-2,5,7-10H2. The van der Waals surface area contributed by atoms with Crippen LogP contribution >= 0.6 is 0 Å². The fourth-order valence-corrected chi connectivity index (χ4v) is 2.02. The number of aromatic nitrogens is 1. The van der Waals surface area contributed by atoms with E-state index in [0.717, 1.165) is 31.9 Å². The molecule has 1 fully saturated rings. The summed E-state index contributed by atoms with van der Waals surface area (Å²) in [4.78, 5) is 16.8. The van der Waals surface area contributed by atoms with Gasteiger partial charge in [0.15, 0.2) is 0 Å². The summed E-state index contributed by atoms with van der Waals surface area (Å²) in [6.07, 6.45) is 4.86. The number of aromatic amines is 1.